The van der Waals surface area contributed by atoms with E-state index in [9.17, 15) is 0 Å². The molecule has 0 radical (unpaired) electrons. The zero-order chi connectivity index (χ0) is 10.6. The van der Waals surface area contributed by atoms with Gasteiger partial charge in [0.1, 0.15) is 5.75 Å². The van der Waals surface area contributed by atoms with Gasteiger partial charge in [-0.2, -0.15) is 0 Å². The van der Waals surface area contributed by atoms with Gasteiger partial charge >= 0.3 is 0 Å². The second-order valence-electron chi connectivity index (χ2n) is 3.25. The van der Waals surface area contributed by atoms with E-state index in [1.165, 1.54) is 5.56 Å². The lowest BCUT2D eigenvalue weighted by atomic mass is 10.0. The molecule has 0 saturated carbocycles. The predicted molar refractivity (Wildman–Crippen MR) is 59.7 cm³/mol. The van der Waals surface area contributed by atoms with Gasteiger partial charge in [0.25, 0.3) is 0 Å². The highest BCUT2D eigenvalue weighted by atomic mass is 16.5. The van der Waals surface area contributed by atoms with Crippen molar-refractivity contribution in [3.8, 4) is 5.75 Å². The van der Waals surface area contributed by atoms with Crippen molar-refractivity contribution in [2.45, 2.75) is 13.0 Å². The van der Waals surface area contributed by atoms with Crippen LogP contribution in [0.1, 0.15) is 17.2 Å². The number of benzene rings is 1. The molecular formula is C12H17NO. The number of nitrogens with one attached hydrogen (secondary N) is 1. The maximum Gasteiger partial charge on any atom is 0.124 e. The highest BCUT2D eigenvalue weighted by Crippen LogP contribution is 2.26. The Labute approximate surface area is 85.6 Å². The first kappa shape index (κ1) is 10.8. The van der Waals surface area contributed by atoms with Crippen molar-refractivity contribution in [1.82, 2.24) is 5.32 Å². The smallest absolute Gasteiger partial charge is 0.124 e. The summed E-state index contributed by atoms with van der Waals surface area (Å²) in [5, 5.41) is 3.16. The standard InChI is InChI=1S/C12H17NO/c1-5-11(13-3)10-7-6-9(2)8-12(10)14-4/h5-8,11,13H,1H2,2-4H3. The van der Waals surface area contributed by atoms with Crippen molar-refractivity contribution in [2.75, 3.05) is 14.2 Å². The molecule has 1 aromatic rings. The van der Waals surface area contributed by atoms with E-state index in [0.717, 1.165) is 11.3 Å². The largest absolute Gasteiger partial charge is 0.496 e. The summed E-state index contributed by atoms with van der Waals surface area (Å²) in [5.41, 5.74) is 2.32. The van der Waals surface area contributed by atoms with Crippen LogP contribution in [0.3, 0.4) is 0 Å². The fourth-order valence-electron chi connectivity index (χ4n) is 1.48. The van der Waals surface area contributed by atoms with Crippen molar-refractivity contribution in [3.63, 3.8) is 0 Å². The zero-order valence-electron chi connectivity index (χ0n) is 9.00. The zero-order valence-corrected chi connectivity index (χ0v) is 9.00. The quantitative estimate of drug-likeness (QED) is 0.738. The van der Waals surface area contributed by atoms with Crippen LogP contribution >= 0.6 is 0 Å². The maximum absolute atomic E-state index is 5.32. The molecule has 0 aliphatic rings. The Morgan fingerprint density at radius 2 is 2.21 bits per heavy atom. The Hall–Kier alpha value is -1.28. The van der Waals surface area contributed by atoms with Crippen molar-refractivity contribution in [1.29, 1.82) is 0 Å². The van der Waals surface area contributed by atoms with Crippen LogP contribution in [-0.4, -0.2) is 14.2 Å². The first-order valence-corrected chi connectivity index (χ1v) is 4.67. The number of hydrogen-bond donors (Lipinski definition) is 1. The van der Waals surface area contributed by atoms with Crippen molar-refractivity contribution >= 4 is 0 Å². The van der Waals surface area contributed by atoms with Gasteiger partial charge in [0, 0.05) is 5.56 Å². The van der Waals surface area contributed by atoms with Crippen LogP contribution in [0.4, 0.5) is 0 Å². The van der Waals surface area contributed by atoms with Crippen LogP contribution in [0.15, 0.2) is 30.9 Å². The molecule has 1 atom stereocenters. The second kappa shape index (κ2) is 4.82. The Bertz CT molecular complexity index is 320. The third kappa shape index (κ3) is 2.15. The van der Waals surface area contributed by atoms with E-state index in [0.29, 0.717) is 0 Å². The molecule has 0 saturated heterocycles. The summed E-state index contributed by atoms with van der Waals surface area (Å²) in [6.45, 7) is 5.84. The molecule has 0 spiro atoms. The molecule has 2 nitrogen and oxygen atoms in total. The van der Waals surface area contributed by atoms with Crippen LogP contribution in [0, 0.1) is 6.92 Å². The van der Waals surface area contributed by atoms with Crippen LogP contribution in [-0.2, 0) is 0 Å². The third-order valence-electron chi connectivity index (χ3n) is 2.27. The Kier molecular flexibility index (Phi) is 3.72. The monoisotopic (exact) mass is 191 g/mol. The molecule has 0 aliphatic carbocycles. The molecule has 14 heavy (non-hydrogen) atoms. The van der Waals surface area contributed by atoms with Gasteiger partial charge < -0.3 is 10.1 Å². The van der Waals surface area contributed by atoms with Gasteiger partial charge in [-0.1, -0.05) is 18.2 Å². The average Bonchev–Trinajstić information content (AvgIpc) is 2.21. The summed E-state index contributed by atoms with van der Waals surface area (Å²) in [6.07, 6.45) is 1.87. The lowest BCUT2D eigenvalue weighted by Crippen LogP contribution is -2.14. The first-order valence-electron chi connectivity index (χ1n) is 4.67. The Morgan fingerprint density at radius 1 is 1.50 bits per heavy atom. The third-order valence-corrected chi connectivity index (χ3v) is 2.27. The molecule has 1 rings (SSSR count). The molecule has 0 aliphatic heterocycles. The average molecular weight is 191 g/mol. The fraction of sp³-hybridized carbons (Fsp3) is 0.333. The summed E-state index contributed by atoms with van der Waals surface area (Å²) in [7, 11) is 3.60. The maximum atomic E-state index is 5.32. The number of likely N-dealkylation sites (N-methyl/N-ethyl adjacent to an activating group) is 1. The van der Waals surface area contributed by atoms with Gasteiger partial charge in [-0.25, -0.2) is 0 Å². The lowest BCUT2D eigenvalue weighted by Gasteiger charge is -2.16. The Morgan fingerprint density at radius 3 is 2.71 bits per heavy atom. The molecule has 1 unspecified atom stereocenters. The highest BCUT2D eigenvalue weighted by Gasteiger charge is 2.10. The number of rotatable bonds is 4. The predicted octanol–water partition coefficient (Wildman–Crippen LogP) is 2.45. The number of hydrogen-bond acceptors (Lipinski definition) is 2. The van der Waals surface area contributed by atoms with Crippen molar-refractivity contribution < 1.29 is 4.74 Å². The minimum absolute atomic E-state index is 0.144. The van der Waals surface area contributed by atoms with Crippen LogP contribution in [0.2, 0.25) is 0 Å². The van der Waals surface area contributed by atoms with Gasteiger partial charge in [0.05, 0.1) is 13.2 Å². The SMILES string of the molecule is C=CC(NC)c1ccc(C)cc1OC. The lowest BCUT2D eigenvalue weighted by molar-refractivity contribution is 0.405. The van der Waals surface area contributed by atoms with Crippen LogP contribution in [0.25, 0.3) is 0 Å². The Balaban J connectivity index is 3.12. The molecule has 0 amide bonds. The van der Waals surface area contributed by atoms with Gasteiger partial charge in [0.2, 0.25) is 0 Å². The summed E-state index contributed by atoms with van der Waals surface area (Å²) < 4.78 is 5.32. The van der Waals surface area contributed by atoms with Crippen molar-refractivity contribution in [2.24, 2.45) is 0 Å². The van der Waals surface area contributed by atoms with Gasteiger partial charge in [0.15, 0.2) is 0 Å². The van der Waals surface area contributed by atoms with Crippen molar-refractivity contribution in [3.05, 3.63) is 42.0 Å². The summed E-state index contributed by atoms with van der Waals surface area (Å²) in [5.74, 6) is 0.907. The second-order valence-corrected chi connectivity index (χ2v) is 3.25. The summed E-state index contributed by atoms with van der Waals surface area (Å²) in [6, 6.07) is 6.32. The molecule has 0 aromatic heterocycles. The van der Waals surface area contributed by atoms with E-state index in [1.54, 1.807) is 7.11 Å². The van der Waals surface area contributed by atoms with Crippen LogP contribution in [0.5, 0.6) is 5.75 Å². The molecule has 1 aromatic carbocycles. The normalized spacial score (nSPS) is 12.2. The van der Waals surface area contributed by atoms with E-state index in [1.807, 2.05) is 19.2 Å². The van der Waals surface area contributed by atoms with E-state index >= 15 is 0 Å². The molecule has 76 valence electrons. The van der Waals surface area contributed by atoms with E-state index in [4.69, 9.17) is 4.74 Å². The minimum atomic E-state index is 0.144. The molecule has 0 bridgehead atoms. The number of ether oxygens (including phenoxy) is 1. The molecular weight excluding hydrogens is 174 g/mol. The molecule has 0 fully saturated rings. The van der Waals surface area contributed by atoms with E-state index < -0.39 is 0 Å². The highest BCUT2D eigenvalue weighted by molar-refractivity contribution is 5.40. The van der Waals surface area contributed by atoms with Gasteiger partial charge in [-0.15, -0.1) is 6.58 Å². The molecule has 0 heterocycles. The minimum Gasteiger partial charge on any atom is -0.496 e. The first-order chi connectivity index (χ1) is 6.72. The van der Waals surface area contributed by atoms with Gasteiger partial charge in [-0.05, 0) is 25.6 Å². The summed E-state index contributed by atoms with van der Waals surface area (Å²) in [4.78, 5) is 0. The van der Waals surface area contributed by atoms with E-state index in [-0.39, 0.29) is 6.04 Å². The van der Waals surface area contributed by atoms with Crippen LogP contribution < -0.4 is 10.1 Å². The molecule has 2 heteroatoms. The number of aryl methyl sites for hydroxylation is 1. The fourth-order valence-corrected chi connectivity index (χ4v) is 1.48. The van der Waals surface area contributed by atoms with E-state index in [2.05, 4.69) is 31.0 Å². The summed E-state index contributed by atoms with van der Waals surface area (Å²) >= 11 is 0. The van der Waals surface area contributed by atoms with Gasteiger partial charge in [-0.3, -0.25) is 0 Å². The number of methoxy groups -OCH3 is 1. The molecule has 1 N–H and O–H groups in total. The topological polar surface area (TPSA) is 21.3 Å².